The van der Waals surface area contributed by atoms with E-state index in [1.54, 1.807) is 83.8 Å². The molecule has 624 valence electrons. The predicted molar refractivity (Wildman–Crippen MR) is 440 cm³/mol. The summed E-state index contributed by atoms with van der Waals surface area (Å²) in [5.41, 5.74) is 5.39. The molecule has 12 aromatic rings. The molecule has 0 radical (unpaired) electrons. The van der Waals surface area contributed by atoms with Crippen molar-refractivity contribution in [3.05, 3.63) is 278 Å². The maximum Gasteiger partial charge on any atom is 0.373 e. The number of methoxy groups -OCH3 is 1. The summed E-state index contributed by atoms with van der Waals surface area (Å²) in [6.07, 6.45) is 11.7. The number of aliphatic hydroxyl groups is 3. The van der Waals surface area contributed by atoms with Crippen molar-refractivity contribution in [3.8, 4) is 56.9 Å². The van der Waals surface area contributed by atoms with Crippen LogP contribution in [0.1, 0.15) is 158 Å². The van der Waals surface area contributed by atoms with Gasteiger partial charge in [0.05, 0.1) is 102 Å². The molecule has 34 heteroatoms. The average Bonchev–Trinajstić information content (AvgIpc) is 1.74. The van der Waals surface area contributed by atoms with Crippen molar-refractivity contribution in [1.29, 1.82) is 0 Å². The summed E-state index contributed by atoms with van der Waals surface area (Å²) >= 11 is 45.1. The molecular weight excluding hydrogens is 1720 g/mol. The van der Waals surface area contributed by atoms with E-state index < -0.39 is 40.4 Å². The fraction of sp³-hybridized carbons (Fsp3) is 0.276. The number of nitrogens with zero attached hydrogens (tertiary/aromatic N) is 8. The number of halogens is 10. The molecule has 0 amide bonds. The Balaban J connectivity index is 0.000000139. The Hall–Kier alpha value is -10.8. The number of hydrogen-bond donors (Lipinski definition) is 5. The van der Waals surface area contributed by atoms with E-state index >= 15 is 0 Å². The number of aryl methyl sites for hydroxylation is 1. The number of aromatic nitrogens is 6. The van der Waals surface area contributed by atoms with Crippen LogP contribution in [0, 0.1) is 24.4 Å². The number of carbonyl (C=O) groups excluding carboxylic acids is 2. The number of carbonyl (C=O) groups is 2. The molecule has 24 nitrogen and oxygen atoms in total. The summed E-state index contributed by atoms with van der Waals surface area (Å²) in [6.45, 7) is 3.04. The van der Waals surface area contributed by atoms with Crippen molar-refractivity contribution >= 4 is 111 Å². The molecule has 4 saturated carbocycles. The van der Waals surface area contributed by atoms with Crippen LogP contribution in [0.2, 0.25) is 35.2 Å². The molecule has 6 aliphatic rings. The summed E-state index contributed by atoms with van der Waals surface area (Å²) in [5, 5.41) is 66.4. The lowest BCUT2D eigenvalue weighted by atomic mass is 9.65. The van der Waals surface area contributed by atoms with Gasteiger partial charge in [-0.2, -0.15) is 9.59 Å². The van der Waals surface area contributed by atoms with Gasteiger partial charge >= 0.3 is 18.1 Å². The predicted octanol–water partition coefficient (Wildman–Crippen LogP) is 19.9. The van der Waals surface area contributed by atoms with Gasteiger partial charge in [0, 0.05) is 75.3 Å². The normalized spacial score (nSPS) is 17.2. The van der Waals surface area contributed by atoms with Crippen LogP contribution in [0.25, 0.3) is 33.8 Å². The summed E-state index contributed by atoms with van der Waals surface area (Å²) in [5.74, 6) is 2.56. The molecule has 0 unspecified atom stereocenters. The summed E-state index contributed by atoms with van der Waals surface area (Å²) in [4.78, 5) is 55.0. The average molecular weight is 1790 g/mol. The molecule has 0 spiro atoms. The number of β-amino-alcohol motifs (C(OH)–C–C–N with tert-alkyl or cyclic N) is 2. The minimum atomic E-state index is -1.24. The Morgan fingerprint density at radius 1 is 0.471 bits per heavy atom. The van der Waals surface area contributed by atoms with Crippen molar-refractivity contribution in [2.24, 2.45) is 0 Å². The fourth-order valence-corrected chi connectivity index (χ4v) is 17.5. The highest BCUT2D eigenvalue weighted by Crippen LogP contribution is 2.55. The van der Waals surface area contributed by atoms with Crippen molar-refractivity contribution in [2.45, 2.75) is 119 Å². The zero-order chi connectivity index (χ0) is 85.5. The number of carboxylic acids is 2. The van der Waals surface area contributed by atoms with Crippen molar-refractivity contribution in [1.82, 2.24) is 30.4 Å². The lowest BCUT2D eigenvalue weighted by Gasteiger charge is -2.47. The molecule has 6 aromatic carbocycles. The van der Waals surface area contributed by atoms with Crippen LogP contribution >= 0.6 is 81.2 Å². The van der Waals surface area contributed by atoms with Crippen LogP contribution in [0.4, 0.5) is 24.8 Å². The molecule has 6 aromatic heterocycles. The van der Waals surface area contributed by atoms with E-state index in [-0.39, 0.29) is 107 Å². The van der Waals surface area contributed by atoms with Crippen LogP contribution in [0.5, 0.6) is 23.1 Å². The van der Waals surface area contributed by atoms with Gasteiger partial charge < -0.3 is 67.8 Å². The molecule has 8 heterocycles. The maximum absolute atomic E-state index is 13.8. The standard InChI is InChI=1S/C29H24Cl3FN2O4.C29H25ClFN3O5.C28H21Cl3FN3O5.CO2/c1-37-28-19(3-2-8-34-28)16-12-29(36,13-16)21-7-6-18(11-22(21)30)38-14-20-26(35-39-27(20)15-4-5-15)25-23(31)9-17(33)10-24(25)32;1-16-10-19(31)4-6-21(16)26-22(27(39-33-26)17-2-3-17)13-38-20-5-7-23(24(30)12-20)29(37)14-34(15-29)25-11-18(28(35)36)8-9-32-25;29-20-10-17(3-4-19(20)28(38)12-35(13-28)23-7-15(27(36)37)5-6-33-23)39-11-18-25(34-40-26(18)14-1-2-14)24-21(30)8-16(32)9-22(24)31;2-1-3/h2-3,6-11,15-16,36H,4-5,12-14H2,1H3;4-12,17,37H,2-3,13-15H2,1H3,(H,35,36);3-10,14,38H,1-2,11-13H2,(H,36,37);. The Bertz CT molecular complexity index is 5950. The fourth-order valence-electron chi connectivity index (χ4n) is 15.1. The van der Waals surface area contributed by atoms with E-state index in [2.05, 4.69) is 30.4 Å². The van der Waals surface area contributed by atoms with Crippen LogP contribution in [-0.4, -0.2) is 107 Å². The third kappa shape index (κ3) is 18.4. The second kappa shape index (κ2) is 35.4. The first-order chi connectivity index (χ1) is 58.0. The molecule has 0 atom stereocenters. The van der Waals surface area contributed by atoms with Gasteiger partial charge in [-0.25, -0.2) is 37.7 Å². The van der Waals surface area contributed by atoms with Crippen LogP contribution in [0.15, 0.2) is 166 Å². The van der Waals surface area contributed by atoms with Gasteiger partial charge in [-0.3, -0.25) is 0 Å². The zero-order valence-corrected chi connectivity index (χ0v) is 69.2. The molecule has 2 aliphatic heterocycles. The van der Waals surface area contributed by atoms with E-state index in [1.165, 1.54) is 73.1 Å². The monoisotopic (exact) mass is 1780 g/mol. The highest BCUT2D eigenvalue weighted by atomic mass is 35.5. The van der Waals surface area contributed by atoms with E-state index in [0.29, 0.717) is 136 Å². The highest BCUT2D eigenvalue weighted by molar-refractivity contribution is 6.40. The minimum Gasteiger partial charge on any atom is -0.489 e. The number of rotatable bonds is 24. The number of ether oxygens (including phenoxy) is 4. The molecule has 121 heavy (non-hydrogen) atoms. The van der Waals surface area contributed by atoms with Crippen LogP contribution in [-0.2, 0) is 46.2 Å². The quantitative estimate of drug-likeness (QED) is 0.0375. The third-order valence-corrected chi connectivity index (χ3v) is 23.9. The molecule has 4 aliphatic carbocycles. The largest absolute Gasteiger partial charge is 0.489 e. The Morgan fingerprint density at radius 3 is 1.21 bits per heavy atom. The van der Waals surface area contributed by atoms with Crippen LogP contribution < -0.4 is 28.7 Å². The molecular formula is C87H70Cl7F3N8O16. The van der Waals surface area contributed by atoms with E-state index in [0.717, 1.165) is 66.5 Å². The number of anilines is 2. The lowest BCUT2D eigenvalue weighted by Crippen LogP contribution is -2.60. The molecule has 6 fully saturated rings. The van der Waals surface area contributed by atoms with Crippen molar-refractivity contribution in [2.75, 3.05) is 43.1 Å². The van der Waals surface area contributed by atoms with E-state index in [9.17, 15) is 48.3 Å². The first kappa shape index (κ1) is 85.2. The van der Waals surface area contributed by atoms with Crippen LogP contribution in [0.3, 0.4) is 0 Å². The smallest absolute Gasteiger partial charge is 0.373 e. The highest BCUT2D eigenvalue weighted by Gasteiger charge is 2.49. The Morgan fingerprint density at radius 2 is 0.851 bits per heavy atom. The Kier molecular flexibility index (Phi) is 24.9. The number of carboxylic acid groups (broad SMARTS) is 2. The van der Waals surface area contributed by atoms with Gasteiger partial charge in [-0.15, -0.1) is 0 Å². The first-order valence-electron chi connectivity index (χ1n) is 37.9. The first-order valence-corrected chi connectivity index (χ1v) is 40.5. The summed E-state index contributed by atoms with van der Waals surface area (Å²) < 4.78 is 81.9. The van der Waals surface area contributed by atoms with E-state index in [1.807, 2.05) is 19.1 Å². The number of hydrogen-bond acceptors (Lipinski definition) is 22. The molecule has 18 rings (SSSR count). The SMILES string of the molecule is COc1ncccc1C1CC(O)(c2ccc(OCc3c(-c4c(Cl)cc(F)cc4Cl)noc3C3CC3)cc2Cl)C1.Cc1cc(F)ccc1-c1noc(C2CC2)c1COc1ccc(C2(O)CN(c3cc(C(=O)O)ccn3)C2)c(Cl)c1.O=C(O)c1ccnc(N2CC(O)(c3ccc(OCc4c(-c5c(Cl)cc(F)cc5Cl)noc4C4CC4)cc3Cl)C2)c1.O=C=O. The minimum absolute atomic E-state index is 0.0774. The second-order valence-corrected chi connectivity index (χ2v) is 33.0. The van der Waals surface area contributed by atoms with Crippen molar-refractivity contribution < 1.29 is 90.4 Å². The maximum atomic E-state index is 13.8. The number of aromatic carboxylic acids is 2. The summed E-state index contributed by atoms with van der Waals surface area (Å²) in [6, 6.07) is 34.3. The number of pyridine rings is 3. The molecule has 0 bridgehead atoms. The van der Waals surface area contributed by atoms with Gasteiger partial charge in [-0.05, 0) is 179 Å². The van der Waals surface area contributed by atoms with E-state index in [4.69, 9.17) is 123 Å². The van der Waals surface area contributed by atoms with Gasteiger partial charge in [0.25, 0.3) is 0 Å². The second-order valence-electron chi connectivity index (χ2n) is 30.2. The zero-order valence-electron chi connectivity index (χ0n) is 63.9. The van der Waals surface area contributed by atoms with Gasteiger partial charge in [0.15, 0.2) is 0 Å². The topological polar surface area (TPSA) is 330 Å². The van der Waals surface area contributed by atoms with Gasteiger partial charge in [0.1, 0.15) is 112 Å². The van der Waals surface area contributed by atoms with Gasteiger partial charge in [-0.1, -0.05) is 121 Å². The van der Waals surface area contributed by atoms with Crippen molar-refractivity contribution in [3.63, 3.8) is 0 Å². The molecule has 2 saturated heterocycles. The van der Waals surface area contributed by atoms with Gasteiger partial charge in [0.2, 0.25) is 5.88 Å². The lowest BCUT2D eigenvalue weighted by molar-refractivity contribution is -0.191. The third-order valence-electron chi connectivity index (χ3n) is 21.8. The molecule has 5 N–H and O–H groups in total. The summed E-state index contributed by atoms with van der Waals surface area (Å²) in [7, 11) is 1.59. The Labute approximate surface area is 723 Å². The number of benzene rings is 6.